The molecular weight excluding hydrogens is 288 g/mol. The molecule has 0 aromatic heterocycles. The standard InChI is InChI=1S/C15H23BrN2/c1-11(17)14-4-3-9-18(10-14)12(2)13-5-7-15(16)8-6-13/h5-8,11-12,14H,3-4,9-10,17H2,1-2H3. The third-order valence-electron chi connectivity index (χ3n) is 4.13. The van der Waals surface area contributed by atoms with E-state index in [-0.39, 0.29) is 0 Å². The SMILES string of the molecule is CC(N)C1CCCN(C(C)c2ccc(Br)cc2)C1. The van der Waals surface area contributed by atoms with Crippen LogP contribution in [0.5, 0.6) is 0 Å². The Morgan fingerprint density at radius 3 is 2.56 bits per heavy atom. The maximum absolute atomic E-state index is 6.06. The van der Waals surface area contributed by atoms with Crippen LogP contribution in [0.4, 0.5) is 0 Å². The first-order valence-electron chi connectivity index (χ1n) is 6.83. The van der Waals surface area contributed by atoms with E-state index in [1.807, 2.05) is 0 Å². The molecule has 0 saturated carbocycles. The van der Waals surface area contributed by atoms with Crippen molar-refractivity contribution >= 4 is 15.9 Å². The molecule has 0 spiro atoms. The number of likely N-dealkylation sites (tertiary alicyclic amines) is 1. The van der Waals surface area contributed by atoms with Crippen molar-refractivity contribution in [3.05, 3.63) is 34.3 Å². The highest BCUT2D eigenvalue weighted by molar-refractivity contribution is 9.10. The van der Waals surface area contributed by atoms with E-state index < -0.39 is 0 Å². The molecule has 0 amide bonds. The molecule has 3 atom stereocenters. The van der Waals surface area contributed by atoms with Crippen molar-refractivity contribution in [3.8, 4) is 0 Å². The summed E-state index contributed by atoms with van der Waals surface area (Å²) in [5.41, 5.74) is 7.45. The third-order valence-corrected chi connectivity index (χ3v) is 4.66. The second-order valence-corrected chi connectivity index (χ2v) is 6.40. The number of hydrogen-bond donors (Lipinski definition) is 1. The molecule has 1 fully saturated rings. The van der Waals surface area contributed by atoms with Gasteiger partial charge in [0.05, 0.1) is 0 Å². The first-order chi connectivity index (χ1) is 8.58. The highest BCUT2D eigenvalue weighted by Gasteiger charge is 2.26. The van der Waals surface area contributed by atoms with Gasteiger partial charge in [0.25, 0.3) is 0 Å². The summed E-state index contributed by atoms with van der Waals surface area (Å²) in [6.07, 6.45) is 2.55. The molecule has 1 aromatic carbocycles. The van der Waals surface area contributed by atoms with E-state index in [0.29, 0.717) is 18.0 Å². The van der Waals surface area contributed by atoms with Gasteiger partial charge in [-0.3, -0.25) is 4.90 Å². The number of nitrogens with zero attached hydrogens (tertiary/aromatic N) is 1. The quantitative estimate of drug-likeness (QED) is 0.924. The number of nitrogens with two attached hydrogens (primary N) is 1. The van der Waals surface area contributed by atoms with Gasteiger partial charge in [0.1, 0.15) is 0 Å². The fourth-order valence-corrected chi connectivity index (χ4v) is 3.04. The maximum Gasteiger partial charge on any atom is 0.0320 e. The second kappa shape index (κ2) is 6.18. The summed E-state index contributed by atoms with van der Waals surface area (Å²) in [5, 5.41) is 0. The van der Waals surface area contributed by atoms with Crippen molar-refractivity contribution in [1.29, 1.82) is 0 Å². The smallest absolute Gasteiger partial charge is 0.0320 e. The predicted molar refractivity (Wildman–Crippen MR) is 80.5 cm³/mol. The van der Waals surface area contributed by atoms with Crippen LogP contribution in [0.15, 0.2) is 28.7 Å². The molecule has 0 radical (unpaired) electrons. The molecule has 2 nitrogen and oxygen atoms in total. The van der Waals surface area contributed by atoms with E-state index in [4.69, 9.17) is 5.73 Å². The van der Waals surface area contributed by atoms with Crippen LogP contribution < -0.4 is 5.73 Å². The zero-order chi connectivity index (χ0) is 13.1. The summed E-state index contributed by atoms with van der Waals surface area (Å²) in [5.74, 6) is 0.650. The Kier molecular flexibility index (Phi) is 4.82. The minimum Gasteiger partial charge on any atom is -0.328 e. The van der Waals surface area contributed by atoms with Crippen molar-refractivity contribution in [2.24, 2.45) is 11.7 Å². The lowest BCUT2D eigenvalue weighted by atomic mass is 9.90. The molecule has 3 unspecified atom stereocenters. The van der Waals surface area contributed by atoms with Gasteiger partial charge >= 0.3 is 0 Å². The second-order valence-electron chi connectivity index (χ2n) is 5.48. The zero-order valence-electron chi connectivity index (χ0n) is 11.3. The highest BCUT2D eigenvalue weighted by Crippen LogP contribution is 2.28. The lowest BCUT2D eigenvalue weighted by molar-refractivity contribution is 0.121. The van der Waals surface area contributed by atoms with E-state index in [2.05, 4.69) is 58.9 Å². The Labute approximate surface area is 119 Å². The number of hydrogen-bond acceptors (Lipinski definition) is 2. The summed E-state index contributed by atoms with van der Waals surface area (Å²) in [6, 6.07) is 9.47. The highest BCUT2D eigenvalue weighted by atomic mass is 79.9. The van der Waals surface area contributed by atoms with E-state index in [0.717, 1.165) is 11.0 Å². The largest absolute Gasteiger partial charge is 0.328 e. The molecule has 2 rings (SSSR count). The van der Waals surface area contributed by atoms with Crippen molar-refractivity contribution in [3.63, 3.8) is 0 Å². The van der Waals surface area contributed by atoms with Gasteiger partial charge in [0.15, 0.2) is 0 Å². The van der Waals surface area contributed by atoms with Gasteiger partial charge in [-0.25, -0.2) is 0 Å². The van der Waals surface area contributed by atoms with E-state index in [1.54, 1.807) is 0 Å². The Balaban J connectivity index is 2.04. The molecule has 1 heterocycles. The van der Waals surface area contributed by atoms with Crippen LogP contribution in [-0.4, -0.2) is 24.0 Å². The Hall–Kier alpha value is -0.380. The van der Waals surface area contributed by atoms with Gasteiger partial charge in [-0.2, -0.15) is 0 Å². The minimum absolute atomic E-state index is 0.310. The lowest BCUT2D eigenvalue weighted by Gasteiger charge is -2.38. The average Bonchev–Trinajstić information content (AvgIpc) is 2.39. The molecule has 1 aromatic rings. The molecule has 1 aliphatic rings. The third kappa shape index (κ3) is 3.34. The Morgan fingerprint density at radius 1 is 1.28 bits per heavy atom. The van der Waals surface area contributed by atoms with Gasteiger partial charge in [0.2, 0.25) is 0 Å². The van der Waals surface area contributed by atoms with Crippen LogP contribution in [0.25, 0.3) is 0 Å². The van der Waals surface area contributed by atoms with Crippen LogP contribution in [0, 0.1) is 5.92 Å². The van der Waals surface area contributed by atoms with E-state index in [1.165, 1.54) is 24.9 Å². The summed E-state index contributed by atoms with van der Waals surface area (Å²) in [7, 11) is 0. The minimum atomic E-state index is 0.310. The zero-order valence-corrected chi connectivity index (χ0v) is 12.9. The Bertz CT molecular complexity index is 375. The van der Waals surface area contributed by atoms with Gasteiger partial charge in [-0.1, -0.05) is 28.1 Å². The number of piperidine rings is 1. The van der Waals surface area contributed by atoms with Crippen LogP contribution in [0.1, 0.15) is 38.3 Å². The predicted octanol–water partition coefficient (Wildman–Crippen LogP) is 3.57. The van der Waals surface area contributed by atoms with Crippen molar-refractivity contribution in [2.45, 2.75) is 38.8 Å². The summed E-state index contributed by atoms with van der Waals surface area (Å²) < 4.78 is 1.14. The van der Waals surface area contributed by atoms with Gasteiger partial charge in [0, 0.05) is 23.1 Å². The molecule has 1 aliphatic heterocycles. The number of rotatable bonds is 3. The summed E-state index contributed by atoms with van der Waals surface area (Å²) >= 11 is 3.49. The fourth-order valence-electron chi connectivity index (χ4n) is 2.77. The van der Waals surface area contributed by atoms with E-state index >= 15 is 0 Å². The molecule has 1 saturated heterocycles. The molecule has 3 heteroatoms. The topological polar surface area (TPSA) is 29.3 Å². The van der Waals surface area contributed by atoms with E-state index in [9.17, 15) is 0 Å². The van der Waals surface area contributed by atoms with Gasteiger partial charge in [-0.15, -0.1) is 0 Å². The van der Waals surface area contributed by atoms with Crippen LogP contribution >= 0.6 is 15.9 Å². The normalized spacial score (nSPS) is 24.8. The molecule has 18 heavy (non-hydrogen) atoms. The number of halogens is 1. The van der Waals surface area contributed by atoms with Crippen molar-refractivity contribution in [1.82, 2.24) is 4.90 Å². The van der Waals surface area contributed by atoms with Crippen molar-refractivity contribution in [2.75, 3.05) is 13.1 Å². The van der Waals surface area contributed by atoms with Crippen LogP contribution in [0.2, 0.25) is 0 Å². The van der Waals surface area contributed by atoms with Gasteiger partial charge < -0.3 is 5.73 Å². The van der Waals surface area contributed by atoms with Crippen LogP contribution in [-0.2, 0) is 0 Å². The first-order valence-corrected chi connectivity index (χ1v) is 7.62. The fraction of sp³-hybridized carbons (Fsp3) is 0.600. The molecule has 0 aliphatic carbocycles. The molecular formula is C15H23BrN2. The lowest BCUT2D eigenvalue weighted by Crippen LogP contribution is -2.43. The summed E-state index contributed by atoms with van der Waals surface area (Å²) in [6.45, 7) is 6.76. The Morgan fingerprint density at radius 2 is 1.94 bits per heavy atom. The van der Waals surface area contributed by atoms with Crippen molar-refractivity contribution < 1.29 is 0 Å². The number of benzene rings is 1. The maximum atomic E-state index is 6.06. The first kappa shape index (κ1) is 14.0. The molecule has 100 valence electrons. The average molecular weight is 311 g/mol. The van der Waals surface area contributed by atoms with Crippen LogP contribution in [0.3, 0.4) is 0 Å². The molecule has 2 N–H and O–H groups in total. The molecule has 0 bridgehead atoms. The van der Waals surface area contributed by atoms with Gasteiger partial charge in [-0.05, 0) is 56.8 Å². The summed E-state index contributed by atoms with van der Waals surface area (Å²) in [4.78, 5) is 2.57. The monoisotopic (exact) mass is 310 g/mol.